The van der Waals surface area contributed by atoms with Crippen molar-refractivity contribution < 1.29 is 22.7 Å². The highest BCUT2D eigenvalue weighted by Gasteiger charge is 2.31. The third-order valence-corrected chi connectivity index (χ3v) is 4.48. The molecule has 0 bridgehead atoms. The first-order valence-corrected chi connectivity index (χ1v) is 8.84. The standard InChI is InChI=1S/C20H23F3N4O2/c1-19(2,14-5-7-15(8-6-14)20(21,22)23)10-11-25-18(24)27-16-9-4-13(12-26-16)17(28)29-3/h4-9,12H,10-11H2,1-3H3,(H3,24,25,26,27). The van der Waals surface area contributed by atoms with Gasteiger partial charge in [0.15, 0.2) is 5.96 Å². The fourth-order valence-corrected chi connectivity index (χ4v) is 2.63. The van der Waals surface area contributed by atoms with Gasteiger partial charge < -0.3 is 15.4 Å². The predicted octanol–water partition coefficient (Wildman–Crippen LogP) is 4.19. The lowest BCUT2D eigenvalue weighted by molar-refractivity contribution is -0.137. The average Bonchev–Trinajstić information content (AvgIpc) is 2.67. The Morgan fingerprint density at radius 3 is 2.24 bits per heavy atom. The van der Waals surface area contributed by atoms with Crippen LogP contribution in [0.1, 0.15) is 41.8 Å². The molecule has 0 spiro atoms. The molecule has 1 aromatic heterocycles. The number of pyridine rings is 1. The fourth-order valence-electron chi connectivity index (χ4n) is 2.63. The van der Waals surface area contributed by atoms with Crippen LogP contribution in [-0.2, 0) is 16.3 Å². The number of methoxy groups -OCH3 is 1. The van der Waals surface area contributed by atoms with E-state index in [1.807, 2.05) is 13.8 Å². The molecule has 0 aliphatic rings. The molecule has 29 heavy (non-hydrogen) atoms. The van der Waals surface area contributed by atoms with E-state index < -0.39 is 17.7 Å². The molecule has 0 saturated heterocycles. The summed E-state index contributed by atoms with van der Waals surface area (Å²) in [5.41, 5.74) is 0.0345. The van der Waals surface area contributed by atoms with Crippen molar-refractivity contribution in [1.82, 2.24) is 10.3 Å². The second kappa shape index (κ2) is 8.93. The van der Waals surface area contributed by atoms with E-state index in [1.54, 1.807) is 6.07 Å². The molecule has 0 amide bonds. The van der Waals surface area contributed by atoms with Crippen LogP contribution in [0.25, 0.3) is 0 Å². The van der Waals surface area contributed by atoms with Crippen molar-refractivity contribution in [1.29, 1.82) is 5.41 Å². The van der Waals surface area contributed by atoms with Gasteiger partial charge in [0.1, 0.15) is 5.82 Å². The van der Waals surface area contributed by atoms with Gasteiger partial charge in [0, 0.05) is 12.7 Å². The predicted molar refractivity (Wildman–Crippen MR) is 104 cm³/mol. The van der Waals surface area contributed by atoms with Crippen molar-refractivity contribution in [3.63, 3.8) is 0 Å². The zero-order valence-electron chi connectivity index (χ0n) is 16.4. The number of carbonyl (C=O) groups excluding carboxylic acids is 1. The summed E-state index contributed by atoms with van der Waals surface area (Å²) in [5.74, 6) is -0.0913. The fraction of sp³-hybridized carbons (Fsp3) is 0.350. The first-order valence-electron chi connectivity index (χ1n) is 8.84. The van der Waals surface area contributed by atoms with Crippen molar-refractivity contribution in [3.8, 4) is 0 Å². The average molecular weight is 408 g/mol. The quantitative estimate of drug-likeness (QED) is 0.379. The van der Waals surface area contributed by atoms with Gasteiger partial charge in [0.2, 0.25) is 0 Å². The highest BCUT2D eigenvalue weighted by Crippen LogP contribution is 2.32. The van der Waals surface area contributed by atoms with Crippen LogP contribution in [0.5, 0.6) is 0 Å². The van der Waals surface area contributed by atoms with E-state index in [9.17, 15) is 18.0 Å². The highest BCUT2D eigenvalue weighted by molar-refractivity contribution is 5.91. The van der Waals surface area contributed by atoms with E-state index in [-0.39, 0.29) is 11.4 Å². The van der Waals surface area contributed by atoms with Crippen LogP contribution in [-0.4, -0.2) is 30.6 Å². The number of nitrogens with zero attached hydrogens (tertiary/aromatic N) is 1. The van der Waals surface area contributed by atoms with Gasteiger partial charge in [-0.05, 0) is 41.7 Å². The topological polar surface area (TPSA) is 87.1 Å². The Hall–Kier alpha value is -3.10. The van der Waals surface area contributed by atoms with Crippen LogP contribution in [0, 0.1) is 5.41 Å². The van der Waals surface area contributed by atoms with E-state index in [0.29, 0.717) is 24.3 Å². The molecule has 6 nitrogen and oxygen atoms in total. The molecule has 1 heterocycles. The number of alkyl halides is 3. The lowest BCUT2D eigenvalue weighted by Gasteiger charge is -2.26. The van der Waals surface area contributed by atoms with Gasteiger partial charge in [-0.1, -0.05) is 26.0 Å². The van der Waals surface area contributed by atoms with Crippen molar-refractivity contribution in [3.05, 3.63) is 59.3 Å². The Labute approximate surface area is 167 Å². The molecule has 2 rings (SSSR count). The van der Waals surface area contributed by atoms with Gasteiger partial charge in [-0.3, -0.25) is 5.41 Å². The summed E-state index contributed by atoms with van der Waals surface area (Å²) in [6.07, 6.45) is -2.42. The number of anilines is 1. The molecule has 0 aliphatic carbocycles. The van der Waals surface area contributed by atoms with Crippen LogP contribution in [0.15, 0.2) is 42.6 Å². The second-order valence-electron chi connectivity index (χ2n) is 7.06. The molecule has 0 radical (unpaired) electrons. The summed E-state index contributed by atoms with van der Waals surface area (Å²) in [4.78, 5) is 15.4. The maximum absolute atomic E-state index is 12.7. The largest absolute Gasteiger partial charge is 0.465 e. The Kier molecular flexibility index (Phi) is 6.84. The first kappa shape index (κ1) is 22.2. The minimum atomic E-state index is -4.35. The number of benzene rings is 1. The van der Waals surface area contributed by atoms with E-state index >= 15 is 0 Å². The first-order chi connectivity index (χ1) is 13.5. The Morgan fingerprint density at radius 1 is 1.10 bits per heavy atom. The molecule has 0 aliphatic heterocycles. The van der Waals surface area contributed by atoms with E-state index in [0.717, 1.165) is 17.7 Å². The van der Waals surface area contributed by atoms with Crippen molar-refractivity contribution in [2.24, 2.45) is 0 Å². The van der Waals surface area contributed by atoms with Gasteiger partial charge >= 0.3 is 12.1 Å². The zero-order valence-corrected chi connectivity index (χ0v) is 16.4. The SMILES string of the molecule is COC(=O)c1ccc(NC(=N)NCCC(C)(C)c2ccc(C(F)(F)F)cc2)nc1. The number of aromatic nitrogens is 1. The molecule has 0 atom stereocenters. The van der Waals surface area contributed by atoms with Crippen LogP contribution >= 0.6 is 0 Å². The highest BCUT2D eigenvalue weighted by atomic mass is 19.4. The number of nitrogens with one attached hydrogen (secondary N) is 3. The van der Waals surface area contributed by atoms with Crippen molar-refractivity contribution >= 4 is 17.7 Å². The summed E-state index contributed by atoms with van der Waals surface area (Å²) < 4.78 is 42.7. The number of ether oxygens (including phenoxy) is 1. The number of carbonyl (C=O) groups is 1. The molecule has 9 heteroatoms. The zero-order chi connectivity index (χ0) is 21.7. The summed E-state index contributed by atoms with van der Waals surface area (Å²) in [6, 6.07) is 8.21. The van der Waals surface area contributed by atoms with Crippen molar-refractivity contribution in [2.75, 3.05) is 19.0 Å². The van der Waals surface area contributed by atoms with E-state index in [4.69, 9.17) is 5.41 Å². The van der Waals surface area contributed by atoms with Gasteiger partial charge in [-0.25, -0.2) is 9.78 Å². The molecule has 156 valence electrons. The monoisotopic (exact) mass is 408 g/mol. The maximum atomic E-state index is 12.7. The molecular weight excluding hydrogens is 385 g/mol. The number of rotatable bonds is 6. The number of halogens is 3. The molecule has 1 aromatic carbocycles. The number of hydrogen-bond acceptors (Lipinski definition) is 4. The maximum Gasteiger partial charge on any atom is 0.416 e. The van der Waals surface area contributed by atoms with Gasteiger partial charge in [-0.2, -0.15) is 13.2 Å². The summed E-state index contributed by atoms with van der Waals surface area (Å²) in [6.45, 7) is 4.29. The normalized spacial score (nSPS) is 11.7. The third-order valence-electron chi connectivity index (χ3n) is 4.48. The van der Waals surface area contributed by atoms with Gasteiger partial charge in [-0.15, -0.1) is 0 Å². The summed E-state index contributed by atoms with van der Waals surface area (Å²) in [5, 5.41) is 13.6. The minimum Gasteiger partial charge on any atom is -0.465 e. The van der Waals surface area contributed by atoms with Crippen LogP contribution in [0.4, 0.5) is 19.0 Å². The number of hydrogen-bond donors (Lipinski definition) is 3. The molecule has 3 N–H and O–H groups in total. The van der Waals surface area contributed by atoms with E-state index in [2.05, 4.69) is 20.4 Å². The number of esters is 1. The second-order valence-corrected chi connectivity index (χ2v) is 7.06. The molecular formula is C20H23F3N4O2. The Morgan fingerprint density at radius 2 is 1.72 bits per heavy atom. The number of guanidine groups is 1. The van der Waals surface area contributed by atoms with E-state index in [1.165, 1.54) is 31.5 Å². The van der Waals surface area contributed by atoms with Crippen molar-refractivity contribution in [2.45, 2.75) is 31.9 Å². The summed E-state index contributed by atoms with van der Waals surface area (Å²) >= 11 is 0. The van der Waals surface area contributed by atoms with Gasteiger partial charge in [0.25, 0.3) is 0 Å². The minimum absolute atomic E-state index is 0.0199. The van der Waals surface area contributed by atoms with Gasteiger partial charge in [0.05, 0.1) is 18.2 Å². The molecule has 0 fully saturated rings. The lowest BCUT2D eigenvalue weighted by atomic mass is 9.81. The smallest absolute Gasteiger partial charge is 0.416 e. The summed E-state index contributed by atoms with van der Waals surface area (Å²) in [7, 11) is 1.28. The van der Waals surface area contributed by atoms with Crippen LogP contribution in [0.2, 0.25) is 0 Å². The van der Waals surface area contributed by atoms with Crippen LogP contribution in [0.3, 0.4) is 0 Å². The molecule has 0 saturated carbocycles. The third kappa shape index (κ3) is 6.20. The Balaban J connectivity index is 1.86. The Bertz CT molecular complexity index is 848. The lowest BCUT2D eigenvalue weighted by Crippen LogP contribution is -2.33. The molecule has 0 unspecified atom stereocenters. The molecule has 2 aromatic rings. The van der Waals surface area contributed by atoms with Crippen LogP contribution < -0.4 is 10.6 Å².